The van der Waals surface area contributed by atoms with E-state index in [0.29, 0.717) is 0 Å². The molecule has 0 radical (unpaired) electrons. The minimum Gasteiger partial charge on any atom is -0.440 e. The lowest BCUT2D eigenvalue weighted by molar-refractivity contribution is 0.488. The van der Waals surface area contributed by atoms with Crippen LogP contribution in [0.1, 0.15) is 40.5 Å². The predicted molar refractivity (Wildman–Crippen MR) is 99.0 cm³/mol. The van der Waals surface area contributed by atoms with E-state index in [9.17, 15) is 0 Å². The quantitative estimate of drug-likeness (QED) is 0.503. The van der Waals surface area contributed by atoms with E-state index in [1.807, 2.05) is 0 Å². The summed E-state index contributed by atoms with van der Waals surface area (Å²) in [5.41, 5.74) is 8.38. The van der Waals surface area contributed by atoms with E-state index in [-0.39, 0.29) is 0 Å². The lowest BCUT2D eigenvalue weighted by Gasteiger charge is -1.95. The first kappa shape index (κ1) is 15.9. The van der Waals surface area contributed by atoms with Crippen molar-refractivity contribution in [3.8, 4) is 0 Å². The van der Waals surface area contributed by atoms with Gasteiger partial charge in [0.05, 0.1) is 0 Å². The van der Waals surface area contributed by atoms with Crippen molar-refractivity contribution < 1.29 is 8.83 Å². The second-order valence-corrected chi connectivity index (χ2v) is 6.93. The summed E-state index contributed by atoms with van der Waals surface area (Å²) in [4.78, 5) is 9.23. The molecule has 2 heterocycles. The van der Waals surface area contributed by atoms with Gasteiger partial charge in [0.2, 0.25) is 0 Å². The van der Waals surface area contributed by atoms with Gasteiger partial charge < -0.3 is 8.83 Å². The number of benzene rings is 2. The van der Waals surface area contributed by atoms with Gasteiger partial charge in [-0.25, -0.2) is 9.97 Å². The van der Waals surface area contributed by atoms with Crippen molar-refractivity contribution in [1.29, 1.82) is 0 Å². The molecule has 0 bridgehead atoms. The van der Waals surface area contributed by atoms with Crippen LogP contribution in [0.4, 0.5) is 0 Å². The highest BCUT2D eigenvalue weighted by molar-refractivity contribution is 5.77. The van der Waals surface area contributed by atoms with Crippen molar-refractivity contribution in [2.75, 3.05) is 0 Å². The molecular formula is C21H22N2O2. The summed E-state index contributed by atoms with van der Waals surface area (Å²) in [5, 5.41) is 0. The van der Waals surface area contributed by atoms with Crippen molar-refractivity contribution in [3.63, 3.8) is 0 Å². The highest BCUT2D eigenvalue weighted by Gasteiger charge is 2.11. The number of aromatic nitrogens is 2. The molecule has 4 heteroatoms. The normalized spacial score (nSPS) is 11.7. The molecule has 0 aliphatic carbocycles. The molecule has 0 atom stereocenters. The van der Waals surface area contributed by atoms with Gasteiger partial charge in [-0.05, 0) is 68.5 Å². The SMILES string of the molecule is Cc1cc(C)c2oc(CCCc3nc4cc(C)cc(C)c4o3)nc2c1. The number of aryl methyl sites for hydroxylation is 6. The molecule has 4 aromatic rings. The minimum absolute atomic E-state index is 0.782. The van der Waals surface area contributed by atoms with E-state index < -0.39 is 0 Å². The van der Waals surface area contributed by atoms with Crippen LogP contribution in [0.25, 0.3) is 22.2 Å². The van der Waals surface area contributed by atoms with Crippen LogP contribution in [-0.4, -0.2) is 9.97 Å². The van der Waals surface area contributed by atoms with Crippen molar-refractivity contribution in [3.05, 3.63) is 58.3 Å². The first-order valence-electron chi connectivity index (χ1n) is 8.73. The summed E-state index contributed by atoms with van der Waals surface area (Å²) in [6.45, 7) is 8.29. The smallest absolute Gasteiger partial charge is 0.195 e. The number of fused-ring (bicyclic) bond motifs is 2. The van der Waals surface area contributed by atoms with Crippen LogP contribution in [0, 0.1) is 27.7 Å². The van der Waals surface area contributed by atoms with Gasteiger partial charge >= 0.3 is 0 Å². The Morgan fingerprint density at radius 3 is 1.56 bits per heavy atom. The first-order chi connectivity index (χ1) is 12.0. The van der Waals surface area contributed by atoms with Crippen LogP contribution in [0.3, 0.4) is 0 Å². The van der Waals surface area contributed by atoms with Gasteiger partial charge in [-0.15, -0.1) is 0 Å². The Labute approximate surface area is 146 Å². The lowest BCUT2D eigenvalue weighted by Crippen LogP contribution is -1.90. The number of hydrogen-bond acceptors (Lipinski definition) is 4. The second kappa shape index (κ2) is 6.03. The Balaban J connectivity index is 1.49. The Morgan fingerprint density at radius 2 is 1.12 bits per heavy atom. The Morgan fingerprint density at radius 1 is 0.680 bits per heavy atom. The summed E-state index contributed by atoms with van der Waals surface area (Å²) in [7, 11) is 0. The Kier molecular flexibility index (Phi) is 3.83. The molecule has 0 aliphatic rings. The van der Waals surface area contributed by atoms with Gasteiger partial charge in [0.1, 0.15) is 11.0 Å². The van der Waals surface area contributed by atoms with Crippen molar-refractivity contribution in [2.45, 2.75) is 47.0 Å². The van der Waals surface area contributed by atoms with Crippen molar-refractivity contribution in [2.24, 2.45) is 0 Å². The van der Waals surface area contributed by atoms with Crippen LogP contribution < -0.4 is 0 Å². The summed E-state index contributed by atoms with van der Waals surface area (Å²) in [6, 6.07) is 8.39. The van der Waals surface area contributed by atoms with Gasteiger partial charge in [-0.1, -0.05) is 12.1 Å². The van der Waals surface area contributed by atoms with E-state index in [0.717, 1.165) is 64.4 Å². The molecule has 0 amide bonds. The molecule has 2 aromatic heterocycles. The fraction of sp³-hybridized carbons (Fsp3) is 0.333. The Hall–Kier alpha value is -2.62. The van der Waals surface area contributed by atoms with Crippen molar-refractivity contribution >= 4 is 22.2 Å². The van der Waals surface area contributed by atoms with E-state index in [1.165, 1.54) is 11.1 Å². The molecule has 128 valence electrons. The lowest BCUT2D eigenvalue weighted by atomic mass is 10.1. The van der Waals surface area contributed by atoms with Gasteiger partial charge in [-0.3, -0.25) is 0 Å². The van der Waals surface area contributed by atoms with E-state index in [2.05, 4.69) is 61.9 Å². The topological polar surface area (TPSA) is 52.1 Å². The third-order valence-corrected chi connectivity index (χ3v) is 4.51. The molecule has 25 heavy (non-hydrogen) atoms. The molecular weight excluding hydrogens is 312 g/mol. The van der Waals surface area contributed by atoms with E-state index in [1.54, 1.807) is 0 Å². The molecule has 2 aromatic carbocycles. The summed E-state index contributed by atoms with van der Waals surface area (Å²) in [5.74, 6) is 1.57. The predicted octanol–water partition coefficient (Wildman–Crippen LogP) is 5.38. The van der Waals surface area contributed by atoms with Gasteiger partial charge in [-0.2, -0.15) is 0 Å². The summed E-state index contributed by atoms with van der Waals surface area (Å²) >= 11 is 0. The Bertz CT molecular complexity index is 987. The van der Waals surface area contributed by atoms with E-state index in [4.69, 9.17) is 8.83 Å². The maximum atomic E-state index is 5.92. The monoisotopic (exact) mass is 334 g/mol. The molecule has 4 nitrogen and oxygen atoms in total. The van der Waals surface area contributed by atoms with Crippen LogP contribution in [0.15, 0.2) is 33.1 Å². The van der Waals surface area contributed by atoms with Gasteiger partial charge in [0.25, 0.3) is 0 Å². The highest BCUT2D eigenvalue weighted by Crippen LogP contribution is 2.24. The summed E-state index contributed by atoms with van der Waals surface area (Å²) < 4.78 is 11.8. The summed E-state index contributed by atoms with van der Waals surface area (Å²) in [6.07, 6.45) is 2.46. The molecule has 0 saturated heterocycles. The minimum atomic E-state index is 0.782. The third kappa shape index (κ3) is 3.04. The van der Waals surface area contributed by atoms with Crippen LogP contribution in [-0.2, 0) is 12.8 Å². The molecule has 0 aliphatic heterocycles. The molecule has 0 saturated carbocycles. The van der Waals surface area contributed by atoms with Gasteiger partial charge in [0.15, 0.2) is 22.9 Å². The standard InChI is InChI=1S/C21H22N2O2/c1-12-8-14(3)20-16(10-12)22-18(24-20)6-5-7-19-23-17-11-13(2)9-15(4)21(17)25-19/h8-11H,5-7H2,1-4H3. The maximum Gasteiger partial charge on any atom is 0.195 e. The maximum absolute atomic E-state index is 5.92. The second-order valence-electron chi connectivity index (χ2n) is 6.93. The average Bonchev–Trinajstić information content (AvgIpc) is 3.11. The zero-order valence-corrected chi connectivity index (χ0v) is 15.1. The van der Waals surface area contributed by atoms with Crippen LogP contribution >= 0.6 is 0 Å². The number of nitrogens with zero attached hydrogens (tertiary/aromatic N) is 2. The average molecular weight is 334 g/mol. The fourth-order valence-corrected chi connectivity index (χ4v) is 3.45. The van der Waals surface area contributed by atoms with Crippen molar-refractivity contribution in [1.82, 2.24) is 9.97 Å². The number of oxazole rings is 2. The molecule has 4 rings (SSSR count). The number of rotatable bonds is 4. The highest BCUT2D eigenvalue weighted by atomic mass is 16.4. The zero-order valence-electron chi connectivity index (χ0n) is 15.1. The largest absolute Gasteiger partial charge is 0.440 e. The number of hydrogen-bond donors (Lipinski definition) is 0. The fourth-order valence-electron chi connectivity index (χ4n) is 3.45. The molecule has 0 spiro atoms. The van der Waals surface area contributed by atoms with Crippen LogP contribution in [0.5, 0.6) is 0 Å². The van der Waals surface area contributed by atoms with E-state index >= 15 is 0 Å². The van der Waals surface area contributed by atoms with Crippen LogP contribution in [0.2, 0.25) is 0 Å². The van der Waals surface area contributed by atoms with Gasteiger partial charge in [0, 0.05) is 12.8 Å². The first-order valence-corrected chi connectivity index (χ1v) is 8.73. The zero-order chi connectivity index (χ0) is 17.6. The molecule has 0 N–H and O–H groups in total. The molecule has 0 unspecified atom stereocenters. The molecule has 0 fully saturated rings. The third-order valence-electron chi connectivity index (χ3n) is 4.51.